The van der Waals surface area contributed by atoms with Gasteiger partial charge in [-0.25, -0.2) is 34.6 Å². The van der Waals surface area contributed by atoms with Crippen LogP contribution in [-0.4, -0.2) is 31.0 Å². The Kier molecular flexibility index (Phi) is 6.77. The molecule has 0 aliphatic heterocycles. The van der Waals surface area contributed by atoms with Gasteiger partial charge in [0.05, 0.1) is 10.1 Å². The third kappa shape index (κ3) is 5.12. The Hall–Kier alpha value is -4.29. The smallest absolute Gasteiger partial charge is 0.269 e. The van der Waals surface area contributed by atoms with Gasteiger partial charge in [0.1, 0.15) is 11.6 Å². The number of sulfonamides is 1. The standard InChI is InChI=1S/C30H25F2N3O5S2/c1-18-5-3-4-6-29(18)42(38,39)35-14-13-23-24(15-19(2)33-30(23)35)25-17-21(34-41(36,37)22-9-10-22)8-12-27(25)40-28-11-7-20(31)16-26(28)32/h3-8,11-17,22,34H,9-10H2,1-2H3. The van der Waals surface area contributed by atoms with Crippen molar-refractivity contribution in [2.24, 2.45) is 0 Å². The number of pyridine rings is 1. The summed E-state index contributed by atoms with van der Waals surface area (Å²) in [4.78, 5) is 4.65. The summed E-state index contributed by atoms with van der Waals surface area (Å²) in [5.74, 6) is -1.81. The molecule has 8 nitrogen and oxygen atoms in total. The van der Waals surface area contributed by atoms with Crippen molar-refractivity contribution in [3.05, 3.63) is 102 Å². The molecule has 1 aliphatic rings. The van der Waals surface area contributed by atoms with Crippen molar-refractivity contribution in [2.45, 2.75) is 36.8 Å². The van der Waals surface area contributed by atoms with E-state index in [2.05, 4.69) is 9.71 Å². The number of aromatic nitrogens is 2. The predicted octanol–water partition coefficient (Wildman–Crippen LogP) is 6.53. The highest BCUT2D eigenvalue weighted by Crippen LogP contribution is 2.41. The van der Waals surface area contributed by atoms with E-state index in [-0.39, 0.29) is 27.7 Å². The minimum atomic E-state index is -4.03. The highest BCUT2D eigenvalue weighted by molar-refractivity contribution is 7.93. The Morgan fingerprint density at radius 1 is 0.881 bits per heavy atom. The molecule has 216 valence electrons. The molecule has 0 atom stereocenters. The molecule has 1 aliphatic carbocycles. The normalized spacial score (nSPS) is 13.8. The first-order valence-corrected chi connectivity index (χ1v) is 16.0. The zero-order chi connectivity index (χ0) is 29.8. The van der Waals surface area contributed by atoms with Crippen LogP contribution in [-0.2, 0) is 20.0 Å². The van der Waals surface area contributed by atoms with E-state index < -0.39 is 36.9 Å². The number of rotatable bonds is 8. The molecule has 0 saturated heterocycles. The summed E-state index contributed by atoms with van der Waals surface area (Å²) >= 11 is 0. The highest BCUT2D eigenvalue weighted by Gasteiger charge is 2.36. The van der Waals surface area contributed by atoms with Gasteiger partial charge in [-0.1, -0.05) is 18.2 Å². The SMILES string of the molecule is Cc1cc(-c2cc(NS(=O)(=O)C3CC3)ccc2Oc2ccc(F)cc2F)c2ccn(S(=O)(=O)c3ccccc3C)c2n1. The number of anilines is 1. The van der Waals surface area contributed by atoms with E-state index in [0.717, 1.165) is 16.1 Å². The largest absolute Gasteiger partial charge is 0.454 e. The molecule has 1 fully saturated rings. The maximum Gasteiger partial charge on any atom is 0.269 e. The zero-order valence-corrected chi connectivity index (χ0v) is 24.1. The molecule has 0 radical (unpaired) electrons. The van der Waals surface area contributed by atoms with Crippen molar-refractivity contribution in [1.29, 1.82) is 0 Å². The van der Waals surface area contributed by atoms with Crippen LogP contribution in [0.4, 0.5) is 14.5 Å². The minimum Gasteiger partial charge on any atom is -0.454 e. The summed E-state index contributed by atoms with van der Waals surface area (Å²) in [6.07, 6.45) is 2.54. The summed E-state index contributed by atoms with van der Waals surface area (Å²) in [5, 5.41) is -0.0369. The van der Waals surface area contributed by atoms with Crippen LogP contribution >= 0.6 is 0 Å². The van der Waals surface area contributed by atoms with Crippen molar-refractivity contribution in [3.8, 4) is 22.6 Å². The molecule has 5 aromatic rings. The number of nitrogens with one attached hydrogen (secondary N) is 1. The second-order valence-corrected chi connectivity index (χ2v) is 13.9. The molecule has 0 unspecified atom stereocenters. The quantitative estimate of drug-likeness (QED) is 0.214. The first kappa shape index (κ1) is 27.9. The summed E-state index contributed by atoms with van der Waals surface area (Å²) in [6.45, 7) is 3.40. The van der Waals surface area contributed by atoms with Gasteiger partial charge in [0.2, 0.25) is 10.0 Å². The van der Waals surface area contributed by atoms with Crippen LogP contribution in [0.3, 0.4) is 0 Å². The van der Waals surface area contributed by atoms with E-state index in [1.807, 2.05) is 0 Å². The minimum absolute atomic E-state index is 0.125. The number of hydrogen-bond donors (Lipinski definition) is 1. The van der Waals surface area contributed by atoms with Crippen LogP contribution in [0.25, 0.3) is 22.2 Å². The van der Waals surface area contributed by atoms with E-state index >= 15 is 0 Å². The maximum absolute atomic E-state index is 14.6. The van der Waals surface area contributed by atoms with Gasteiger partial charge in [0.25, 0.3) is 10.0 Å². The lowest BCUT2D eigenvalue weighted by atomic mass is 10.0. The van der Waals surface area contributed by atoms with Gasteiger partial charge in [-0.05, 0) is 86.3 Å². The first-order valence-electron chi connectivity index (χ1n) is 13.0. The van der Waals surface area contributed by atoms with E-state index in [1.165, 1.54) is 30.5 Å². The number of hydrogen-bond acceptors (Lipinski definition) is 6. The fourth-order valence-electron chi connectivity index (χ4n) is 4.78. The lowest BCUT2D eigenvalue weighted by Gasteiger charge is -2.16. The Morgan fingerprint density at radius 2 is 1.62 bits per heavy atom. The van der Waals surface area contributed by atoms with Crippen LogP contribution in [0.2, 0.25) is 0 Å². The number of halogens is 2. The molecule has 0 bridgehead atoms. The molecule has 1 saturated carbocycles. The van der Waals surface area contributed by atoms with E-state index in [9.17, 15) is 25.6 Å². The number of ether oxygens (including phenoxy) is 1. The Balaban J connectivity index is 1.54. The monoisotopic (exact) mass is 609 g/mol. The average molecular weight is 610 g/mol. The van der Waals surface area contributed by atoms with E-state index in [0.29, 0.717) is 46.7 Å². The summed E-state index contributed by atoms with van der Waals surface area (Å²) in [7, 11) is -7.64. The van der Waals surface area contributed by atoms with Gasteiger partial charge < -0.3 is 4.74 Å². The molecule has 1 N–H and O–H groups in total. The molecular weight excluding hydrogens is 584 g/mol. The topological polar surface area (TPSA) is 107 Å². The molecule has 2 aromatic heterocycles. The summed E-state index contributed by atoms with van der Waals surface area (Å²) in [5.41, 5.74) is 2.26. The van der Waals surface area contributed by atoms with Crippen LogP contribution < -0.4 is 9.46 Å². The maximum atomic E-state index is 14.6. The molecule has 2 heterocycles. The van der Waals surface area contributed by atoms with Gasteiger partial charge in [0, 0.05) is 34.6 Å². The summed E-state index contributed by atoms with van der Waals surface area (Å²) < 4.78 is 90.5. The fourth-order valence-corrected chi connectivity index (χ4v) is 7.68. The molecular formula is C30H25F2N3O5S2. The molecule has 12 heteroatoms. The Morgan fingerprint density at radius 3 is 2.33 bits per heavy atom. The van der Waals surface area contributed by atoms with E-state index in [4.69, 9.17) is 4.74 Å². The van der Waals surface area contributed by atoms with Crippen molar-refractivity contribution in [2.75, 3.05) is 4.72 Å². The third-order valence-electron chi connectivity index (χ3n) is 6.99. The van der Waals surface area contributed by atoms with Crippen LogP contribution in [0, 0.1) is 25.5 Å². The fraction of sp³-hybridized carbons (Fsp3) is 0.167. The molecule has 42 heavy (non-hydrogen) atoms. The Labute approximate surface area is 241 Å². The van der Waals surface area contributed by atoms with Gasteiger partial charge in [-0.3, -0.25) is 4.72 Å². The first-order chi connectivity index (χ1) is 19.9. The van der Waals surface area contributed by atoms with Crippen molar-refractivity contribution in [1.82, 2.24) is 8.96 Å². The predicted molar refractivity (Wildman–Crippen MR) is 156 cm³/mol. The van der Waals surface area contributed by atoms with Crippen molar-refractivity contribution in [3.63, 3.8) is 0 Å². The number of benzene rings is 3. The lowest BCUT2D eigenvalue weighted by molar-refractivity contribution is 0.439. The summed E-state index contributed by atoms with van der Waals surface area (Å²) in [6, 6.07) is 17.3. The second kappa shape index (κ2) is 10.2. The lowest BCUT2D eigenvalue weighted by Crippen LogP contribution is -2.17. The van der Waals surface area contributed by atoms with Crippen molar-refractivity contribution >= 4 is 36.8 Å². The van der Waals surface area contributed by atoms with Gasteiger partial charge >= 0.3 is 0 Å². The molecule has 0 amide bonds. The number of nitrogens with zero attached hydrogens (tertiary/aromatic N) is 2. The van der Waals surface area contributed by atoms with E-state index in [1.54, 1.807) is 44.2 Å². The second-order valence-electron chi connectivity index (χ2n) is 10.2. The molecule has 6 rings (SSSR count). The molecule has 3 aromatic carbocycles. The van der Waals surface area contributed by atoms with Gasteiger partial charge in [0.15, 0.2) is 17.2 Å². The number of aryl methyl sites for hydroxylation is 2. The van der Waals surface area contributed by atoms with Crippen molar-refractivity contribution < 1.29 is 30.4 Å². The van der Waals surface area contributed by atoms with Crippen LogP contribution in [0.15, 0.2) is 83.9 Å². The Bertz CT molecular complexity index is 2090. The zero-order valence-electron chi connectivity index (χ0n) is 22.5. The third-order valence-corrected chi connectivity index (χ3v) is 10.7. The van der Waals surface area contributed by atoms with Crippen LogP contribution in [0.1, 0.15) is 24.1 Å². The number of fused-ring (bicyclic) bond motifs is 1. The average Bonchev–Trinajstić information content (AvgIpc) is 3.71. The van der Waals surface area contributed by atoms with Crippen LogP contribution in [0.5, 0.6) is 11.5 Å². The highest BCUT2D eigenvalue weighted by atomic mass is 32.2. The van der Waals surface area contributed by atoms with Gasteiger partial charge in [-0.2, -0.15) is 0 Å². The van der Waals surface area contributed by atoms with Gasteiger partial charge in [-0.15, -0.1) is 0 Å². The molecule has 0 spiro atoms.